The second kappa shape index (κ2) is 13.4. The molecule has 0 aliphatic carbocycles. The molecule has 9 aromatic carbocycles. The molecule has 0 spiro atoms. The van der Waals surface area contributed by atoms with Gasteiger partial charge in [0, 0.05) is 49.0 Å². The Kier molecular flexibility index (Phi) is 7.75. The third kappa shape index (κ3) is 5.37. The van der Waals surface area contributed by atoms with Gasteiger partial charge in [-0.3, -0.25) is 0 Å². The summed E-state index contributed by atoms with van der Waals surface area (Å²) in [7, 11) is 0. The summed E-state index contributed by atoms with van der Waals surface area (Å²) in [5, 5.41) is 4.95. The van der Waals surface area contributed by atoms with Crippen LogP contribution in [-0.2, 0) is 0 Å². The Bertz CT molecular complexity index is 3020. The van der Waals surface area contributed by atoms with Crippen LogP contribution in [0.25, 0.3) is 49.4 Å². The van der Waals surface area contributed by atoms with Crippen LogP contribution < -0.4 is 9.80 Å². The zero-order valence-corrected chi connectivity index (χ0v) is 31.3. The molecule has 0 saturated carbocycles. The Morgan fingerprint density at radius 3 is 1.77 bits per heavy atom. The summed E-state index contributed by atoms with van der Waals surface area (Å²) in [6.07, 6.45) is 0. The molecule has 0 unspecified atom stereocenters. The highest BCUT2D eigenvalue weighted by atomic mass is 32.2. The monoisotopic (exact) mass is 733 g/mol. The first kappa shape index (κ1) is 32.4. The minimum Gasteiger partial charge on any atom is -0.310 e. The first-order valence-corrected chi connectivity index (χ1v) is 19.8. The van der Waals surface area contributed by atoms with Gasteiger partial charge < -0.3 is 14.4 Å². The Hall–Kier alpha value is -7.01. The Morgan fingerprint density at radius 2 is 0.964 bits per heavy atom. The number of rotatable bonds is 6. The number of anilines is 6. The lowest BCUT2D eigenvalue weighted by Gasteiger charge is -2.33. The first-order chi connectivity index (χ1) is 27.8. The molecule has 3 nitrogen and oxygen atoms in total. The Morgan fingerprint density at radius 1 is 0.375 bits per heavy atom. The van der Waals surface area contributed by atoms with Crippen molar-refractivity contribution in [2.75, 3.05) is 9.80 Å². The number of hydrogen-bond acceptors (Lipinski definition) is 3. The molecule has 0 saturated heterocycles. The maximum atomic E-state index is 2.42. The van der Waals surface area contributed by atoms with Crippen LogP contribution in [0.1, 0.15) is 0 Å². The van der Waals surface area contributed by atoms with Gasteiger partial charge in [0.25, 0.3) is 0 Å². The number of nitrogens with zero attached hydrogens (tertiary/aromatic N) is 3. The third-order valence-electron chi connectivity index (χ3n) is 10.9. The van der Waals surface area contributed by atoms with Crippen LogP contribution in [0.3, 0.4) is 0 Å². The van der Waals surface area contributed by atoms with E-state index in [2.05, 4.69) is 227 Å². The number of para-hydroxylation sites is 4. The SMILES string of the molecule is c1ccc(N(c2ccc(-c3cccc4ccccc34)cc2)c2ccc3c(c2)c2ccccc2n3-c2cccc(N3c4ccccc4Sc4ccccc43)c2)cc1. The summed E-state index contributed by atoms with van der Waals surface area (Å²) in [6, 6.07) is 76.9. The van der Waals surface area contributed by atoms with Crippen molar-refractivity contribution in [3.8, 4) is 16.8 Å². The van der Waals surface area contributed by atoms with E-state index >= 15 is 0 Å². The fraction of sp³-hybridized carbons (Fsp3) is 0. The Labute approximate surface area is 330 Å². The smallest absolute Gasteiger partial charge is 0.0601 e. The number of fused-ring (bicyclic) bond motifs is 6. The fourth-order valence-corrected chi connectivity index (χ4v) is 9.48. The summed E-state index contributed by atoms with van der Waals surface area (Å²) in [4.78, 5) is 7.28. The lowest BCUT2D eigenvalue weighted by molar-refractivity contribution is 1.14. The third-order valence-corrected chi connectivity index (χ3v) is 12.1. The van der Waals surface area contributed by atoms with Crippen LogP contribution in [0.2, 0.25) is 0 Å². The molecule has 0 amide bonds. The van der Waals surface area contributed by atoms with Crippen LogP contribution in [0.15, 0.2) is 222 Å². The highest BCUT2D eigenvalue weighted by molar-refractivity contribution is 7.99. The fourth-order valence-electron chi connectivity index (χ4n) is 8.42. The highest BCUT2D eigenvalue weighted by Crippen LogP contribution is 2.51. The molecule has 4 heteroatoms. The van der Waals surface area contributed by atoms with Crippen molar-refractivity contribution in [3.05, 3.63) is 212 Å². The van der Waals surface area contributed by atoms with Crippen molar-refractivity contribution in [2.24, 2.45) is 0 Å². The van der Waals surface area contributed by atoms with Crippen molar-refractivity contribution in [1.29, 1.82) is 0 Å². The van der Waals surface area contributed by atoms with Gasteiger partial charge in [0.1, 0.15) is 0 Å². The molecule has 1 aromatic heterocycles. The van der Waals surface area contributed by atoms with E-state index in [0.29, 0.717) is 0 Å². The van der Waals surface area contributed by atoms with E-state index in [-0.39, 0.29) is 0 Å². The zero-order valence-electron chi connectivity index (χ0n) is 30.5. The average molecular weight is 734 g/mol. The van der Waals surface area contributed by atoms with Crippen molar-refractivity contribution < 1.29 is 0 Å². The molecule has 2 heterocycles. The zero-order chi connectivity index (χ0) is 37.0. The molecule has 0 radical (unpaired) electrons. The summed E-state index contributed by atoms with van der Waals surface area (Å²) >= 11 is 1.84. The van der Waals surface area contributed by atoms with Gasteiger partial charge >= 0.3 is 0 Å². The number of hydrogen-bond donors (Lipinski definition) is 0. The van der Waals surface area contributed by atoms with Gasteiger partial charge in [-0.2, -0.15) is 0 Å². The van der Waals surface area contributed by atoms with Gasteiger partial charge in [-0.05, 0) is 113 Å². The molecule has 10 aromatic rings. The van der Waals surface area contributed by atoms with E-state index in [1.807, 2.05) is 11.8 Å². The van der Waals surface area contributed by atoms with E-state index in [9.17, 15) is 0 Å². The van der Waals surface area contributed by atoms with Gasteiger partial charge in [0.05, 0.1) is 22.4 Å². The van der Waals surface area contributed by atoms with E-state index in [1.54, 1.807) is 0 Å². The molecule has 11 rings (SSSR count). The molecule has 56 heavy (non-hydrogen) atoms. The molecule has 1 aliphatic rings. The first-order valence-electron chi connectivity index (χ1n) is 19.0. The maximum absolute atomic E-state index is 2.42. The van der Waals surface area contributed by atoms with Crippen LogP contribution >= 0.6 is 11.8 Å². The summed E-state index contributed by atoms with van der Waals surface area (Å²) in [5.74, 6) is 0. The lowest BCUT2D eigenvalue weighted by atomic mass is 9.98. The van der Waals surface area contributed by atoms with Crippen LogP contribution in [0.5, 0.6) is 0 Å². The molecule has 0 fully saturated rings. The maximum Gasteiger partial charge on any atom is 0.0601 e. The molecular formula is C52H35N3S. The average Bonchev–Trinajstić information content (AvgIpc) is 3.60. The van der Waals surface area contributed by atoms with Gasteiger partial charge in [0.2, 0.25) is 0 Å². The van der Waals surface area contributed by atoms with E-state index in [0.717, 1.165) is 28.4 Å². The van der Waals surface area contributed by atoms with Crippen molar-refractivity contribution in [2.45, 2.75) is 9.79 Å². The largest absolute Gasteiger partial charge is 0.310 e. The van der Waals surface area contributed by atoms with Gasteiger partial charge in [0.15, 0.2) is 0 Å². The Balaban J connectivity index is 1.04. The predicted molar refractivity (Wildman–Crippen MR) is 237 cm³/mol. The standard InChI is InChI=1S/C52H35N3S/c1-2-16-38(17-3-1)53(39-30-28-37(29-31-39)44-22-12-15-36-14-4-5-20-43(36)44)42-32-33-48-46(35-42)45-21-6-7-23-47(45)54(48)40-18-13-19-41(34-40)55-49-24-8-10-26-51(49)56-52-27-11-9-25-50(52)55/h1-35H. The van der Waals surface area contributed by atoms with Crippen molar-refractivity contribution in [1.82, 2.24) is 4.57 Å². The second-order valence-electron chi connectivity index (χ2n) is 14.2. The van der Waals surface area contributed by atoms with Gasteiger partial charge in [-0.15, -0.1) is 0 Å². The van der Waals surface area contributed by atoms with Gasteiger partial charge in [-0.1, -0.05) is 133 Å². The normalized spacial score (nSPS) is 12.2. The molecule has 264 valence electrons. The number of benzene rings is 9. The van der Waals surface area contributed by atoms with E-state index in [1.165, 1.54) is 64.9 Å². The molecule has 0 bridgehead atoms. The molecular weight excluding hydrogens is 699 g/mol. The summed E-state index contributed by atoms with van der Waals surface area (Å²) < 4.78 is 2.42. The minimum atomic E-state index is 1.11. The van der Waals surface area contributed by atoms with Crippen molar-refractivity contribution >= 4 is 78.5 Å². The summed E-state index contributed by atoms with van der Waals surface area (Å²) in [6.45, 7) is 0. The van der Waals surface area contributed by atoms with Gasteiger partial charge in [-0.25, -0.2) is 0 Å². The predicted octanol–water partition coefficient (Wildman–Crippen LogP) is 15.0. The van der Waals surface area contributed by atoms with E-state index in [4.69, 9.17) is 0 Å². The minimum absolute atomic E-state index is 1.11. The molecule has 1 aliphatic heterocycles. The van der Waals surface area contributed by atoms with Crippen LogP contribution in [0, 0.1) is 0 Å². The van der Waals surface area contributed by atoms with Crippen LogP contribution in [-0.4, -0.2) is 4.57 Å². The molecule has 0 atom stereocenters. The highest BCUT2D eigenvalue weighted by Gasteiger charge is 2.25. The molecule has 0 N–H and O–H groups in total. The quantitative estimate of drug-likeness (QED) is 0.169. The lowest BCUT2D eigenvalue weighted by Crippen LogP contribution is -2.15. The van der Waals surface area contributed by atoms with Crippen LogP contribution in [0.4, 0.5) is 34.1 Å². The topological polar surface area (TPSA) is 11.4 Å². The van der Waals surface area contributed by atoms with Crippen molar-refractivity contribution in [3.63, 3.8) is 0 Å². The van der Waals surface area contributed by atoms with E-state index < -0.39 is 0 Å². The summed E-state index contributed by atoms with van der Waals surface area (Å²) in [5.41, 5.74) is 12.8. The second-order valence-corrected chi connectivity index (χ2v) is 15.3. The number of aromatic nitrogens is 1.